The summed E-state index contributed by atoms with van der Waals surface area (Å²) < 4.78 is 0. The zero-order valence-electron chi connectivity index (χ0n) is 16.9. The van der Waals surface area contributed by atoms with E-state index in [2.05, 4.69) is 16.7 Å². The number of carbonyl (C=O) groups is 3. The molecule has 2 aromatic carbocycles. The molecule has 3 rings (SSSR count). The number of rotatable bonds is 7. The quantitative estimate of drug-likeness (QED) is 0.462. The molecule has 0 fully saturated rings. The Labute approximate surface area is 190 Å². The third kappa shape index (κ3) is 9.00. The molecule has 31 heavy (non-hydrogen) atoms. The van der Waals surface area contributed by atoms with Gasteiger partial charge in [-0.15, -0.1) is 11.8 Å². The molecular formula is C22H25ClN2O5S. The van der Waals surface area contributed by atoms with E-state index >= 15 is 0 Å². The van der Waals surface area contributed by atoms with E-state index in [1.165, 1.54) is 22.9 Å². The lowest BCUT2D eigenvalue weighted by molar-refractivity contribution is -0.143. The van der Waals surface area contributed by atoms with Crippen molar-refractivity contribution >= 4 is 46.9 Å². The van der Waals surface area contributed by atoms with Gasteiger partial charge in [0.05, 0.1) is 23.6 Å². The summed E-state index contributed by atoms with van der Waals surface area (Å²) in [7, 11) is 0. The first-order valence-electron chi connectivity index (χ1n) is 9.79. The summed E-state index contributed by atoms with van der Waals surface area (Å²) >= 11 is 7.91. The van der Waals surface area contributed by atoms with Crippen molar-refractivity contribution in [3.63, 3.8) is 0 Å². The summed E-state index contributed by atoms with van der Waals surface area (Å²) in [6.07, 6.45) is 1.37. The van der Waals surface area contributed by atoms with Crippen molar-refractivity contribution in [2.75, 3.05) is 24.2 Å². The fourth-order valence-electron chi connectivity index (χ4n) is 2.94. The highest BCUT2D eigenvalue weighted by Gasteiger charge is 2.16. The molecule has 0 aliphatic carbocycles. The van der Waals surface area contributed by atoms with Gasteiger partial charge in [-0.1, -0.05) is 35.9 Å². The number of amides is 1. The van der Waals surface area contributed by atoms with Gasteiger partial charge in [0.2, 0.25) is 5.91 Å². The molecular weight excluding hydrogens is 440 g/mol. The second-order valence-electron chi connectivity index (χ2n) is 6.75. The fourth-order valence-corrected chi connectivity index (χ4v) is 4.24. The van der Waals surface area contributed by atoms with E-state index in [4.69, 9.17) is 21.8 Å². The number of aliphatic carboxylic acids is 2. The van der Waals surface area contributed by atoms with Gasteiger partial charge in [-0.3, -0.25) is 14.4 Å². The Balaban J connectivity index is 0.000000366. The van der Waals surface area contributed by atoms with Gasteiger partial charge in [-0.2, -0.15) is 0 Å². The lowest BCUT2D eigenvalue weighted by atomic mass is 10.0. The standard InChI is InChI=1S/C18H19ClN2OS.C4H6O4/c19-16-7-6-13-8-10-20-11-9-15(13)18(16)23-12-17(22)21-14-4-2-1-3-5-14;5-3(6)1-2-4(7)8/h1-7,20H,8-12H2,(H,21,22);1-2H2,(H,5,6)(H,7,8). The molecule has 0 unspecified atom stereocenters. The molecule has 0 spiro atoms. The molecule has 0 saturated carbocycles. The average Bonchev–Trinajstić information content (AvgIpc) is 2.98. The van der Waals surface area contributed by atoms with E-state index in [0.29, 0.717) is 5.75 Å². The van der Waals surface area contributed by atoms with E-state index in [0.717, 1.165) is 41.5 Å². The summed E-state index contributed by atoms with van der Waals surface area (Å²) in [4.78, 5) is 32.5. The van der Waals surface area contributed by atoms with Crippen molar-refractivity contribution in [1.82, 2.24) is 5.32 Å². The van der Waals surface area contributed by atoms with Crippen LogP contribution in [0.1, 0.15) is 24.0 Å². The van der Waals surface area contributed by atoms with Crippen molar-refractivity contribution in [2.24, 2.45) is 0 Å². The van der Waals surface area contributed by atoms with Crippen molar-refractivity contribution < 1.29 is 24.6 Å². The summed E-state index contributed by atoms with van der Waals surface area (Å²) in [5.74, 6) is -1.81. The summed E-state index contributed by atoms with van der Waals surface area (Å²) in [6.45, 7) is 1.95. The number of fused-ring (bicyclic) bond motifs is 1. The highest BCUT2D eigenvalue weighted by Crippen LogP contribution is 2.34. The summed E-state index contributed by atoms with van der Waals surface area (Å²) in [6, 6.07) is 13.6. The average molecular weight is 465 g/mol. The Morgan fingerprint density at radius 1 is 0.968 bits per heavy atom. The maximum atomic E-state index is 12.1. The van der Waals surface area contributed by atoms with Crippen LogP contribution in [0, 0.1) is 0 Å². The van der Waals surface area contributed by atoms with Crippen LogP contribution in [0.25, 0.3) is 0 Å². The van der Waals surface area contributed by atoms with Gasteiger partial charge in [0, 0.05) is 10.6 Å². The van der Waals surface area contributed by atoms with E-state index < -0.39 is 11.9 Å². The third-order valence-electron chi connectivity index (χ3n) is 4.39. The molecule has 4 N–H and O–H groups in total. The van der Waals surface area contributed by atoms with Gasteiger partial charge in [-0.25, -0.2) is 0 Å². The number of carboxylic acids is 2. The highest BCUT2D eigenvalue weighted by molar-refractivity contribution is 8.00. The van der Waals surface area contributed by atoms with Gasteiger partial charge < -0.3 is 20.8 Å². The smallest absolute Gasteiger partial charge is 0.303 e. The molecule has 2 aromatic rings. The number of anilines is 1. The van der Waals surface area contributed by atoms with E-state index in [1.54, 1.807) is 0 Å². The second kappa shape index (κ2) is 13.0. The van der Waals surface area contributed by atoms with Crippen molar-refractivity contribution in [3.8, 4) is 0 Å². The van der Waals surface area contributed by atoms with Crippen LogP contribution in [0.15, 0.2) is 47.4 Å². The molecule has 1 aliphatic rings. The maximum Gasteiger partial charge on any atom is 0.303 e. The predicted molar refractivity (Wildman–Crippen MR) is 122 cm³/mol. The predicted octanol–water partition coefficient (Wildman–Crippen LogP) is 3.69. The number of hydrogen-bond donors (Lipinski definition) is 4. The number of thioether (sulfide) groups is 1. The van der Waals surface area contributed by atoms with Crippen LogP contribution in [0.3, 0.4) is 0 Å². The number of carboxylic acid groups (broad SMARTS) is 2. The first-order chi connectivity index (χ1) is 14.9. The van der Waals surface area contributed by atoms with Crippen LogP contribution < -0.4 is 10.6 Å². The molecule has 0 saturated heterocycles. The van der Waals surface area contributed by atoms with Gasteiger partial charge in [0.15, 0.2) is 0 Å². The fraction of sp³-hybridized carbons (Fsp3) is 0.318. The Bertz CT molecular complexity index is 894. The molecule has 166 valence electrons. The van der Waals surface area contributed by atoms with Gasteiger partial charge in [-0.05, 0) is 55.3 Å². The molecule has 1 aliphatic heterocycles. The molecule has 1 heterocycles. The molecule has 0 bridgehead atoms. The highest BCUT2D eigenvalue weighted by atomic mass is 35.5. The van der Waals surface area contributed by atoms with Crippen LogP contribution in [0.4, 0.5) is 5.69 Å². The topological polar surface area (TPSA) is 116 Å². The van der Waals surface area contributed by atoms with Gasteiger partial charge >= 0.3 is 11.9 Å². The van der Waals surface area contributed by atoms with E-state index in [9.17, 15) is 14.4 Å². The monoisotopic (exact) mass is 464 g/mol. The molecule has 0 radical (unpaired) electrons. The van der Waals surface area contributed by atoms with E-state index in [-0.39, 0.29) is 18.7 Å². The summed E-state index contributed by atoms with van der Waals surface area (Å²) in [5.41, 5.74) is 3.45. The molecule has 7 nitrogen and oxygen atoms in total. The zero-order chi connectivity index (χ0) is 22.6. The minimum Gasteiger partial charge on any atom is -0.481 e. The van der Waals surface area contributed by atoms with Crippen LogP contribution >= 0.6 is 23.4 Å². The van der Waals surface area contributed by atoms with Crippen LogP contribution in [-0.2, 0) is 27.2 Å². The van der Waals surface area contributed by atoms with Crippen LogP contribution in [-0.4, -0.2) is 46.9 Å². The Morgan fingerprint density at radius 2 is 1.61 bits per heavy atom. The van der Waals surface area contributed by atoms with Gasteiger partial charge in [0.1, 0.15) is 0 Å². The molecule has 9 heteroatoms. The van der Waals surface area contributed by atoms with Crippen molar-refractivity contribution in [2.45, 2.75) is 30.6 Å². The minimum absolute atomic E-state index is 0.0124. The first-order valence-corrected chi connectivity index (χ1v) is 11.2. The number of halogens is 1. The number of nitrogens with one attached hydrogen (secondary N) is 2. The van der Waals surface area contributed by atoms with Crippen LogP contribution in [0.5, 0.6) is 0 Å². The lowest BCUT2D eigenvalue weighted by Crippen LogP contribution is -2.16. The minimum atomic E-state index is -1.08. The van der Waals surface area contributed by atoms with Crippen LogP contribution in [0.2, 0.25) is 5.02 Å². The molecule has 1 amide bonds. The zero-order valence-corrected chi connectivity index (χ0v) is 18.5. The normalized spacial score (nSPS) is 12.5. The number of carbonyl (C=O) groups excluding carboxylic acids is 1. The second-order valence-corrected chi connectivity index (χ2v) is 8.15. The molecule has 0 atom stereocenters. The largest absolute Gasteiger partial charge is 0.481 e. The number of para-hydroxylation sites is 1. The molecule has 0 aromatic heterocycles. The first kappa shape index (κ1) is 24.7. The Hall–Kier alpha value is -2.55. The number of benzene rings is 2. The van der Waals surface area contributed by atoms with Crippen molar-refractivity contribution in [3.05, 3.63) is 58.6 Å². The van der Waals surface area contributed by atoms with E-state index in [1.807, 2.05) is 36.4 Å². The number of hydrogen-bond acceptors (Lipinski definition) is 5. The summed E-state index contributed by atoms with van der Waals surface area (Å²) in [5, 5.41) is 22.9. The Kier molecular flexibility index (Phi) is 10.4. The third-order valence-corrected chi connectivity index (χ3v) is 5.98. The van der Waals surface area contributed by atoms with Gasteiger partial charge in [0.25, 0.3) is 0 Å². The Morgan fingerprint density at radius 3 is 2.26 bits per heavy atom. The van der Waals surface area contributed by atoms with Crippen molar-refractivity contribution in [1.29, 1.82) is 0 Å². The SMILES string of the molecule is O=C(CSc1c(Cl)ccc2c1CCNCC2)Nc1ccccc1.O=C(O)CCC(=O)O. The lowest BCUT2D eigenvalue weighted by Gasteiger charge is -2.13. The maximum absolute atomic E-state index is 12.1.